The third-order valence-corrected chi connectivity index (χ3v) is 5.86. The van der Waals surface area contributed by atoms with Gasteiger partial charge in [0.25, 0.3) is 0 Å². The lowest BCUT2D eigenvalue weighted by atomic mass is 10.1. The molecule has 11 nitrogen and oxygen atoms in total. The van der Waals surface area contributed by atoms with Gasteiger partial charge in [-0.05, 0) is 25.0 Å². The molecule has 1 saturated carbocycles. The second-order valence-electron chi connectivity index (χ2n) is 8.63. The molecule has 1 fully saturated rings. The van der Waals surface area contributed by atoms with Gasteiger partial charge in [0.2, 0.25) is 0 Å². The summed E-state index contributed by atoms with van der Waals surface area (Å²) >= 11 is 0. The molecule has 0 unspecified atom stereocenters. The summed E-state index contributed by atoms with van der Waals surface area (Å²) in [5.41, 5.74) is 1.70. The van der Waals surface area contributed by atoms with E-state index < -0.39 is 34.8 Å². The largest absolute Gasteiger partial charge is 0.494 e. The first-order valence-corrected chi connectivity index (χ1v) is 13.7. The predicted molar refractivity (Wildman–Crippen MR) is 143 cm³/mol. The van der Waals surface area contributed by atoms with E-state index in [1.165, 1.54) is 44.3 Å². The van der Waals surface area contributed by atoms with Crippen LogP contribution in [0.1, 0.15) is 40.6 Å². The number of methoxy groups -OCH3 is 1. The quantitative estimate of drug-likeness (QED) is 0.345. The highest BCUT2D eigenvalue weighted by atomic mass is 32.2. The number of carbonyl (C=O) groups excluding carboxylic acids is 2. The standard InChI is InChI=1S/C25H29N7O4S/c1-5-21(33)17-12-27-22(31-25(34)29-15-9-10-15)11-19(17)30-18-8-6-7-16(24(18)36-2)20-13-28-23(14-26-20)32-37(3,4)35/h6-8,11-15H,5,9-10H2,1-4H3,(H3,27,29,30,31,34)/i1D3. The maximum atomic E-state index is 12.9. The van der Waals surface area contributed by atoms with Crippen LogP contribution in [0.4, 0.5) is 27.8 Å². The van der Waals surface area contributed by atoms with Crippen LogP contribution >= 0.6 is 0 Å². The summed E-state index contributed by atoms with van der Waals surface area (Å²) in [5.74, 6) is 0.109. The summed E-state index contributed by atoms with van der Waals surface area (Å²) in [6.07, 6.45) is 8.23. The molecule has 0 atom stereocenters. The molecular weight excluding hydrogens is 494 g/mol. The van der Waals surface area contributed by atoms with Gasteiger partial charge in [0.1, 0.15) is 5.82 Å². The zero-order valence-corrected chi connectivity index (χ0v) is 21.4. The van der Waals surface area contributed by atoms with Crippen LogP contribution in [0, 0.1) is 0 Å². The second kappa shape index (κ2) is 10.9. The van der Waals surface area contributed by atoms with Crippen molar-refractivity contribution in [3.63, 3.8) is 0 Å². The fourth-order valence-corrected chi connectivity index (χ4v) is 3.99. The molecular formula is C25H29N7O4S. The molecule has 1 aromatic carbocycles. The van der Waals surface area contributed by atoms with E-state index in [0.29, 0.717) is 22.7 Å². The first kappa shape index (κ1) is 22.2. The summed E-state index contributed by atoms with van der Waals surface area (Å²) in [5, 5.41) is 8.56. The number of hydrogen-bond acceptors (Lipinski definition) is 9. The number of pyridine rings is 1. The molecule has 0 saturated heterocycles. The molecule has 0 bridgehead atoms. The average Bonchev–Trinajstić information content (AvgIpc) is 3.66. The average molecular weight is 527 g/mol. The lowest BCUT2D eigenvalue weighted by Gasteiger charge is -2.17. The molecule has 0 aliphatic heterocycles. The highest BCUT2D eigenvalue weighted by Gasteiger charge is 2.24. The van der Waals surface area contributed by atoms with Gasteiger partial charge in [-0.25, -0.2) is 19.0 Å². The Morgan fingerprint density at radius 2 is 1.97 bits per heavy atom. The molecule has 2 aromatic heterocycles. The van der Waals surface area contributed by atoms with Crippen LogP contribution in [0.25, 0.3) is 11.3 Å². The van der Waals surface area contributed by atoms with Crippen molar-refractivity contribution in [2.75, 3.05) is 30.3 Å². The van der Waals surface area contributed by atoms with E-state index in [1.807, 2.05) is 0 Å². The van der Waals surface area contributed by atoms with Crippen LogP contribution in [0.5, 0.6) is 5.75 Å². The number of Topliss-reactive ketones (excluding diaryl/α,β-unsaturated/α-hetero) is 1. The van der Waals surface area contributed by atoms with E-state index in [-0.39, 0.29) is 28.9 Å². The fraction of sp³-hybridized carbons (Fsp3) is 0.320. The Morgan fingerprint density at radius 3 is 2.62 bits per heavy atom. The van der Waals surface area contributed by atoms with Gasteiger partial charge >= 0.3 is 6.03 Å². The van der Waals surface area contributed by atoms with Crippen LogP contribution in [-0.2, 0) is 9.73 Å². The van der Waals surface area contributed by atoms with E-state index in [0.717, 1.165) is 12.8 Å². The Bertz CT molecular complexity index is 1540. The number of nitrogens with one attached hydrogen (secondary N) is 3. The van der Waals surface area contributed by atoms with Crippen molar-refractivity contribution in [1.82, 2.24) is 20.3 Å². The van der Waals surface area contributed by atoms with Crippen LogP contribution in [0.2, 0.25) is 0 Å². The van der Waals surface area contributed by atoms with Gasteiger partial charge in [0, 0.05) is 56.6 Å². The molecule has 1 aliphatic carbocycles. The number of benzene rings is 1. The number of amides is 2. The molecule has 37 heavy (non-hydrogen) atoms. The minimum atomic E-state index is -2.48. The number of nitrogens with zero attached hydrogens (tertiary/aromatic N) is 4. The summed E-state index contributed by atoms with van der Waals surface area (Å²) in [4.78, 5) is 37.9. The predicted octanol–water partition coefficient (Wildman–Crippen LogP) is 4.53. The Morgan fingerprint density at radius 1 is 1.16 bits per heavy atom. The number of aromatic nitrogens is 3. The van der Waals surface area contributed by atoms with Gasteiger partial charge in [0.05, 0.1) is 42.1 Å². The summed E-state index contributed by atoms with van der Waals surface area (Å²) in [6.45, 7) is -2.48. The van der Waals surface area contributed by atoms with Gasteiger partial charge in [-0.1, -0.05) is 12.9 Å². The molecule has 3 N–H and O–H groups in total. The van der Waals surface area contributed by atoms with Crippen LogP contribution in [0.3, 0.4) is 0 Å². The Labute approximate surface area is 219 Å². The van der Waals surface area contributed by atoms with Crippen LogP contribution in [0.15, 0.2) is 47.2 Å². The van der Waals surface area contributed by atoms with Crippen molar-refractivity contribution in [2.24, 2.45) is 4.36 Å². The number of anilines is 3. The molecule has 0 spiro atoms. The molecule has 3 aromatic rings. The van der Waals surface area contributed by atoms with Crippen LogP contribution < -0.4 is 20.7 Å². The number of rotatable bonds is 9. The van der Waals surface area contributed by atoms with Gasteiger partial charge < -0.3 is 15.4 Å². The number of ketones is 1. The zero-order valence-electron chi connectivity index (χ0n) is 23.6. The number of urea groups is 1. The van der Waals surface area contributed by atoms with Crippen molar-refractivity contribution in [2.45, 2.75) is 32.2 Å². The van der Waals surface area contributed by atoms with Crippen molar-refractivity contribution >= 4 is 44.6 Å². The molecule has 2 amide bonds. The number of para-hydroxylation sites is 1. The van der Waals surface area contributed by atoms with Crippen molar-refractivity contribution in [3.8, 4) is 17.0 Å². The van der Waals surface area contributed by atoms with E-state index in [2.05, 4.69) is 35.3 Å². The SMILES string of the molecule is [2H]C([2H])([2H])CC(=O)c1cnc(NC(=O)NC2CC2)cc1Nc1cccc(-c2cnc(N=S(C)(C)=O)cn2)c1OC. The van der Waals surface area contributed by atoms with Crippen LogP contribution in [-0.4, -0.2) is 56.6 Å². The maximum Gasteiger partial charge on any atom is 0.320 e. The third kappa shape index (κ3) is 6.79. The minimum Gasteiger partial charge on any atom is -0.494 e. The Balaban J connectivity index is 1.69. The van der Waals surface area contributed by atoms with Gasteiger partial charge in [-0.15, -0.1) is 0 Å². The first-order chi connectivity index (χ1) is 18.8. The number of hydrogen-bond donors (Lipinski definition) is 3. The minimum absolute atomic E-state index is 0.0326. The molecule has 12 heteroatoms. The van der Waals surface area contributed by atoms with E-state index in [4.69, 9.17) is 8.85 Å². The van der Waals surface area contributed by atoms with Gasteiger partial charge in [-0.2, -0.15) is 4.36 Å². The molecule has 194 valence electrons. The molecule has 4 rings (SSSR count). The molecule has 0 radical (unpaired) electrons. The van der Waals surface area contributed by atoms with E-state index >= 15 is 0 Å². The second-order valence-corrected chi connectivity index (χ2v) is 11.2. The van der Waals surface area contributed by atoms with Gasteiger partial charge in [0.15, 0.2) is 17.4 Å². The van der Waals surface area contributed by atoms with Crippen molar-refractivity contribution in [1.29, 1.82) is 0 Å². The highest BCUT2D eigenvalue weighted by Crippen LogP contribution is 2.38. The summed E-state index contributed by atoms with van der Waals surface area (Å²) in [6, 6.07) is 6.35. The number of carbonyl (C=O) groups is 2. The highest BCUT2D eigenvalue weighted by molar-refractivity contribution is 7.92. The zero-order chi connectivity index (χ0) is 29.1. The lowest BCUT2D eigenvalue weighted by molar-refractivity contribution is 0.0988. The molecule has 1 aliphatic rings. The third-order valence-electron chi connectivity index (χ3n) is 5.24. The smallest absolute Gasteiger partial charge is 0.320 e. The van der Waals surface area contributed by atoms with E-state index in [9.17, 15) is 13.8 Å². The Kier molecular flexibility index (Phi) is 6.53. The molecule has 2 heterocycles. The van der Waals surface area contributed by atoms with Crippen molar-refractivity contribution in [3.05, 3.63) is 48.4 Å². The summed E-state index contributed by atoms with van der Waals surface area (Å²) < 4.78 is 44.2. The lowest BCUT2D eigenvalue weighted by Crippen LogP contribution is -2.30. The fourth-order valence-electron chi connectivity index (χ4n) is 3.44. The normalized spacial score (nSPS) is 14.5. The maximum absolute atomic E-state index is 12.9. The monoisotopic (exact) mass is 526 g/mol. The topological polar surface area (TPSA) is 148 Å². The van der Waals surface area contributed by atoms with E-state index in [1.54, 1.807) is 18.2 Å². The van der Waals surface area contributed by atoms with Gasteiger partial charge in [-0.3, -0.25) is 15.1 Å². The van der Waals surface area contributed by atoms with Crippen molar-refractivity contribution < 1.29 is 22.6 Å². The Hall–Kier alpha value is -4.06. The number of ether oxygens (including phenoxy) is 1. The first-order valence-electron chi connectivity index (χ1n) is 12.9. The summed E-state index contributed by atoms with van der Waals surface area (Å²) in [7, 11) is -0.941.